The molecule has 0 aromatic heterocycles. The van der Waals surface area contributed by atoms with Crippen molar-refractivity contribution < 1.29 is 0 Å². The second kappa shape index (κ2) is 4.97. The molecular formula is C8H17N3. The first-order valence-corrected chi connectivity index (χ1v) is 3.92. The summed E-state index contributed by atoms with van der Waals surface area (Å²) in [7, 11) is 2.06. The van der Waals surface area contributed by atoms with Gasteiger partial charge in [-0.05, 0) is 27.8 Å². The lowest BCUT2D eigenvalue weighted by molar-refractivity contribution is 0.254. The first-order valence-electron chi connectivity index (χ1n) is 3.92. The molecule has 0 saturated carbocycles. The minimum Gasteiger partial charge on any atom is -0.320 e. The standard InChI is InChI=1S/C8H17N3/c1-7(2)11(4)5-8(3)10-6-9/h7-8,10H,5H2,1-4H3/t8-/m0/s1. The maximum atomic E-state index is 8.31. The van der Waals surface area contributed by atoms with E-state index >= 15 is 0 Å². The van der Waals surface area contributed by atoms with E-state index in [1.54, 1.807) is 0 Å². The molecule has 0 aromatic rings. The Morgan fingerprint density at radius 1 is 1.45 bits per heavy atom. The van der Waals surface area contributed by atoms with Crippen molar-refractivity contribution in [3.8, 4) is 6.19 Å². The molecule has 1 atom stereocenters. The van der Waals surface area contributed by atoms with E-state index in [9.17, 15) is 0 Å². The van der Waals surface area contributed by atoms with Crippen LogP contribution in [0, 0.1) is 11.5 Å². The third-order valence-electron chi connectivity index (χ3n) is 1.75. The Bertz CT molecular complexity index is 137. The van der Waals surface area contributed by atoms with Crippen LogP contribution in [0.4, 0.5) is 0 Å². The molecule has 0 rings (SSSR count). The van der Waals surface area contributed by atoms with Gasteiger partial charge >= 0.3 is 0 Å². The Morgan fingerprint density at radius 3 is 2.36 bits per heavy atom. The lowest BCUT2D eigenvalue weighted by atomic mass is 10.2. The van der Waals surface area contributed by atoms with Gasteiger partial charge in [0.15, 0.2) is 6.19 Å². The highest BCUT2D eigenvalue weighted by Crippen LogP contribution is 1.94. The van der Waals surface area contributed by atoms with Gasteiger partial charge in [-0.3, -0.25) is 0 Å². The fourth-order valence-electron chi connectivity index (χ4n) is 0.799. The van der Waals surface area contributed by atoms with Crippen molar-refractivity contribution in [2.24, 2.45) is 0 Å². The lowest BCUT2D eigenvalue weighted by Crippen LogP contribution is -2.38. The molecule has 0 unspecified atom stereocenters. The smallest absolute Gasteiger partial charge is 0.176 e. The van der Waals surface area contributed by atoms with Crippen LogP contribution in [0.5, 0.6) is 0 Å². The number of hydrogen-bond donors (Lipinski definition) is 1. The largest absolute Gasteiger partial charge is 0.320 e. The van der Waals surface area contributed by atoms with Crippen molar-refractivity contribution in [2.75, 3.05) is 13.6 Å². The molecular weight excluding hydrogens is 138 g/mol. The summed E-state index contributed by atoms with van der Waals surface area (Å²) in [5.74, 6) is 0. The number of rotatable bonds is 4. The predicted octanol–water partition coefficient (Wildman–Crippen LogP) is 0.786. The molecule has 1 N–H and O–H groups in total. The summed E-state index contributed by atoms with van der Waals surface area (Å²) < 4.78 is 0. The Balaban J connectivity index is 3.58. The summed E-state index contributed by atoms with van der Waals surface area (Å²) in [5.41, 5.74) is 0. The second-order valence-electron chi connectivity index (χ2n) is 3.19. The van der Waals surface area contributed by atoms with E-state index in [-0.39, 0.29) is 6.04 Å². The van der Waals surface area contributed by atoms with Crippen molar-refractivity contribution in [1.29, 1.82) is 5.26 Å². The maximum absolute atomic E-state index is 8.31. The quantitative estimate of drug-likeness (QED) is 0.482. The van der Waals surface area contributed by atoms with Gasteiger partial charge in [-0.25, -0.2) is 0 Å². The van der Waals surface area contributed by atoms with Crippen molar-refractivity contribution in [3.63, 3.8) is 0 Å². The molecule has 0 radical (unpaired) electrons. The Morgan fingerprint density at radius 2 is 2.00 bits per heavy atom. The number of nitrogens with one attached hydrogen (secondary N) is 1. The molecule has 0 aliphatic carbocycles. The van der Waals surface area contributed by atoms with Crippen LogP contribution >= 0.6 is 0 Å². The zero-order valence-corrected chi connectivity index (χ0v) is 7.76. The van der Waals surface area contributed by atoms with Gasteiger partial charge in [0, 0.05) is 18.6 Å². The van der Waals surface area contributed by atoms with Crippen LogP contribution in [0.15, 0.2) is 0 Å². The van der Waals surface area contributed by atoms with Gasteiger partial charge in [0.25, 0.3) is 0 Å². The van der Waals surface area contributed by atoms with Crippen molar-refractivity contribution in [3.05, 3.63) is 0 Å². The molecule has 3 heteroatoms. The minimum absolute atomic E-state index is 0.243. The molecule has 0 spiro atoms. The summed E-state index contributed by atoms with van der Waals surface area (Å²) in [6.07, 6.45) is 1.94. The van der Waals surface area contributed by atoms with E-state index < -0.39 is 0 Å². The number of hydrogen-bond acceptors (Lipinski definition) is 3. The topological polar surface area (TPSA) is 39.1 Å². The highest BCUT2D eigenvalue weighted by atomic mass is 15.1. The molecule has 0 bridgehead atoms. The molecule has 0 aliphatic rings. The molecule has 0 aromatic carbocycles. The van der Waals surface area contributed by atoms with E-state index in [0.29, 0.717) is 6.04 Å². The first kappa shape index (κ1) is 10.2. The SMILES string of the molecule is CC(C)N(C)C[C@H](C)NC#N. The predicted molar refractivity (Wildman–Crippen MR) is 46.0 cm³/mol. The number of likely N-dealkylation sites (N-methyl/N-ethyl adjacent to an activating group) is 1. The van der Waals surface area contributed by atoms with Crippen LogP contribution in [-0.4, -0.2) is 30.6 Å². The van der Waals surface area contributed by atoms with Gasteiger partial charge in [-0.1, -0.05) is 0 Å². The third-order valence-corrected chi connectivity index (χ3v) is 1.75. The van der Waals surface area contributed by atoms with E-state index in [0.717, 1.165) is 6.54 Å². The van der Waals surface area contributed by atoms with Crippen molar-refractivity contribution >= 4 is 0 Å². The van der Waals surface area contributed by atoms with E-state index in [4.69, 9.17) is 5.26 Å². The Kier molecular flexibility index (Phi) is 4.64. The van der Waals surface area contributed by atoms with Gasteiger partial charge in [0.1, 0.15) is 0 Å². The average molecular weight is 155 g/mol. The van der Waals surface area contributed by atoms with E-state index in [1.165, 1.54) is 0 Å². The van der Waals surface area contributed by atoms with Crippen molar-refractivity contribution in [1.82, 2.24) is 10.2 Å². The summed E-state index contributed by atoms with van der Waals surface area (Å²) in [4.78, 5) is 2.20. The van der Waals surface area contributed by atoms with E-state index in [2.05, 4.69) is 31.1 Å². The summed E-state index contributed by atoms with van der Waals surface area (Å²) in [6.45, 7) is 7.19. The monoisotopic (exact) mass is 155 g/mol. The highest BCUT2D eigenvalue weighted by molar-refractivity contribution is 4.75. The van der Waals surface area contributed by atoms with Crippen LogP contribution < -0.4 is 5.32 Å². The summed E-state index contributed by atoms with van der Waals surface area (Å²) in [6, 6.07) is 0.783. The van der Waals surface area contributed by atoms with Gasteiger partial charge in [0.2, 0.25) is 0 Å². The number of nitriles is 1. The second-order valence-corrected chi connectivity index (χ2v) is 3.19. The van der Waals surface area contributed by atoms with Gasteiger partial charge in [-0.15, -0.1) is 0 Å². The van der Waals surface area contributed by atoms with Gasteiger partial charge in [0.05, 0.1) is 0 Å². The van der Waals surface area contributed by atoms with E-state index in [1.807, 2.05) is 13.1 Å². The third kappa shape index (κ3) is 4.63. The summed E-state index contributed by atoms with van der Waals surface area (Å²) >= 11 is 0. The average Bonchev–Trinajstić information content (AvgIpc) is 1.87. The summed E-state index contributed by atoms with van der Waals surface area (Å²) in [5, 5.41) is 11.0. The Labute approximate surface area is 69.0 Å². The van der Waals surface area contributed by atoms with Crippen molar-refractivity contribution in [2.45, 2.75) is 32.9 Å². The zero-order valence-electron chi connectivity index (χ0n) is 7.76. The fourth-order valence-corrected chi connectivity index (χ4v) is 0.799. The minimum atomic E-state index is 0.243. The zero-order chi connectivity index (χ0) is 8.85. The molecule has 64 valence electrons. The molecule has 0 heterocycles. The molecule has 0 amide bonds. The molecule has 0 fully saturated rings. The molecule has 11 heavy (non-hydrogen) atoms. The normalized spacial score (nSPS) is 13.2. The molecule has 0 saturated heterocycles. The Hall–Kier alpha value is -0.750. The van der Waals surface area contributed by atoms with Crippen LogP contribution in [0.3, 0.4) is 0 Å². The van der Waals surface area contributed by atoms with Gasteiger partial charge < -0.3 is 10.2 Å². The lowest BCUT2D eigenvalue weighted by Gasteiger charge is -2.23. The number of nitrogens with zero attached hydrogens (tertiary/aromatic N) is 2. The fraction of sp³-hybridized carbons (Fsp3) is 0.875. The highest BCUT2D eigenvalue weighted by Gasteiger charge is 2.07. The first-order chi connectivity index (χ1) is 5.07. The molecule has 0 aliphatic heterocycles. The van der Waals surface area contributed by atoms with Gasteiger partial charge in [-0.2, -0.15) is 5.26 Å². The van der Waals surface area contributed by atoms with Crippen LogP contribution in [-0.2, 0) is 0 Å². The van der Waals surface area contributed by atoms with Crippen LogP contribution in [0.1, 0.15) is 20.8 Å². The van der Waals surface area contributed by atoms with Crippen LogP contribution in [0.25, 0.3) is 0 Å². The molecule has 3 nitrogen and oxygen atoms in total. The van der Waals surface area contributed by atoms with Crippen LogP contribution in [0.2, 0.25) is 0 Å². The maximum Gasteiger partial charge on any atom is 0.176 e.